The van der Waals surface area contributed by atoms with E-state index in [1.807, 2.05) is 23.6 Å². The number of rotatable bonds is 2. The van der Waals surface area contributed by atoms with Crippen LogP contribution in [0.1, 0.15) is 20.3 Å². The van der Waals surface area contributed by atoms with Gasteiger partial charge < -0.3 is 15.5 Å². The summed E-state index contributed by atoms with van der Waals surface area (Å²) in [5.41, 5.74) is 5.73. The molecule has 0 aromatic heterocycles. The van der Waals surface area contributed by atoms with E-state index in [0.29, 0.717) is 0 Å². The van der Waals surface area contributed by atoms with Gasteiger partial charge in [0.15, 0.2) is 0 Å². The molecule has 2 N–H and O–H groups in total. The first-order valence-corrected chi connectivity index (χ1v) is 4.98. The minimum atomic E-state index is 0.137. The lowest BCUT2D eigenvalue weighted by atomic mass is 10.3. The summed E-state index contributed by atoms with van der Waals surface area (Å²) in [5, 5.41) is 0. The number of hydrogen-bond acceptors (Lipinski definition) is 2. The Morgan fingerprint density at radius 1 is 1.54 bits per heavy atom. The van der Waals surface area contributed by atoms with Gasteiger partial charge in [-0.1, -0.05) is 0 Å². The highest BCUT2D eigenvalue weighted by Crippen LogP contribution is 2.09. The van der Waals surface area contributed by atoms with Gasteiger partial charge in [0.2, 0.25) is 0 Å². The fourth-order valence-electron chi connectivity index (χ4n) is 1.66. The van der Waals surface area contributed by atoms with E-state index in [0.717, 1.165) is 32.6 Å². The van der Waals surface area contributed by atoms with Crippen molar-refractivity contribution in [3.63, 3.8) is 0 Å². The minimum Gasteiger partial charge on any atom is -0.326 e. The summed E-state index contributed by atoms with van der Waals surface area (Å²) >= 11 is 0. The summed E-state index contributed by atoms with van der Waals surface area (Å²) in [5.74, 6) is 0. The Hall–Kier alpha value is -0.770. The van der Waals surface area contributed by atoms with Gasteiger partial charge in [-0.15, -0.1) is 0 Å². The van der Waals surface area contributed by atoms with Gasteiger partial charge in [-0.2, -0.15) is 0 Å². The third-order valence-corrected chi connectivity index (χ3v) is 2.53. The molecule has 1 rings (SSSR count). The Kier molecular flexibility index (Phi) is 3.54. The average Bonchev–Trinajstić information content (AvgIpc) is 2.54. The van der Waals surface area contributed by atoms with E-state index in [4.69, 9.17) is 5.73 Å². The standard InChI is InChI=1S/C9H19N3O/c1-3-11(4-2)9(13)12-6-5-8(10)7-12/h8H,3-7,10H2,1-2H3/t8-/m1/s1. The predicted octanol–water partition coefficient (Wildman–Crippen LogP) is 0.481. The van der Waals surface area contributed by atoms with Gasteiger partial charge in [-0.3, -0.25) is 0 Å². The molecule has 1 fully saturated rings. The largest absolute Gasteiger partial charge is 0.326 e. The Bertz CT molecular complexity index is 180. The predicted molar refractivity (Wildman–Crippen MR) is 52.5 cm³/mol. The Balaban J connectivity index is 2.47. The molecule has 1 saturated heterocycles. The van der Waals surface area contributed by atoms with E-state index in [9.17, 15) is 4.79 Å². The van der Waals surface area contributed by atoms with Crippen molar-refractivity contribution in [1.82, 2.24) is 9.80 Å². The molecule has 0 unspecified atom stereocenters. The first-order valence-electron chi connectivity index (χ1n) is 4.98. The summed E-state index contributed by atoms with van der Waals surface area (Å²) in [6, 6.07) is 0.317. The maximum atomic E-state index is 11.7. The highest BCUT2D eigenvalue weighted by molar-refractivity contribution is 5.74. The normalized spacial score (nSPS) is 22.1. The maximum Gasteiger partial charge on any atom is 0.320 e. The zero-order chi connectivity index (χ0) is 9.84. The first-order chi connectivity index (χ1) is 6.19. The van der Waals surface area contributed by atoms with Crippen molar-refractivity contribution >= 4 is 6.03 Å². The number of urea groups is 1. The van der Waals surface area contributed by atoms with Crippen molar-refractivity contribution in [2.45, 2.75) is 26.3 Å². The quantitative estimate of drug-likeness (QED) is 0.680. The van der Waals surface area contributed by atoms with Crippen molar-refractivity contribution in [3.05, 3.63) is 0 Å². The zero-order valence-corrected chi connectivity index (χ0v) is 8.49. The molecule has 1 aliphatic heterocycles. The number of carbonyl (C=O) groups is 1. The molecule has 13 heavy (non-hydrogen) atoms. The van der Waals surface area contributed by atoms with E-state index in [-0.39, 0.29) is 12.1 Å². The van der Waals surface area contributed by atoms with Gasteiger partial charge in [-0.25, -0.2) is 4.79 Å². The summed E-state index contributed by atoms with van der Waals surface area (Å²) in [4.78, 5) is 15.4. The van der Waals surface area contributed by atoms with E-state index >= 15 is 0 Å². The topological polar surface area (TPSA) is 49.6 Å². The molecule has 1 heterocycles. The van der Waals surface area contributed by atoms with Crippen LogP contribution >= 0.6 is 0 Å². The second kappa shape index (κ2) is 4.46. The van der Waals surface area contributed by atoms with Gasteiger partial charge in [0, 0.05) is 32.2 Å². The third-order valence-electron chi connectivity index (χ3n) is 2.53. The number of amides is 2. The van der Waals surface area contributed by atoms with Gasteiger partial charge >= 0.3 is 6.03 Å². The van der Waals surface area contributed by atoms with E-state index < -0.39 is 0 Å². The van der Waals surface area contributed by atoms with E-state index in [1.165, 1.54) is 0 Å². The Labute approximate surface area is 79.7 Å². The van der Waals surface area contributed by atoms with Crippen LogP contribution in [0.5, 0.6) is 0 Å². The minimum absolute atomic E-state index is 0.137. The van der Waals surface area contributed by atoms with Crippen molar-refractivity contribution in [2.75, 3.05) is 26.2 Å². The number of carbonyl (C=O) groups excluding carboxylic acids is 1. The zero-order valence-electron chi connectivity index (χ0n) is 8.49. The lowest BCUT2D eigenvalue weighted by Gasteiger charge is -2.25. The SMILES string of the molecule is CCN(CC)C(=O)N1CC[C@@H](N)C1. The summed E-state index contributed by atoms with van der Waals surface area (Å²) in [6.07, 6.45) is 0.938. The van der Waals surface area contributed by atoms with E-state index in [1.54, 1.807) is 0 Å². The molecule has 4 nitrogen and oxygen atoms in total. The fourth-order valence-corrected chi connectivity index (χ4v) is 1.66. The van der Waals surface area contributed by atoms with Gasteiger partial charge in [0.25, 0.3) is 0 Å². The number of nitrogens with zero attached hydrogens (tertiary/aromatic N) is 2. The average molecular weight is 185 g/mol. The van der Waals surface area contributed by atoms with Crippen molar-refractivity contribution in [2.24, 2.45) is 5.73 Å². The van der Waals surface area contributed by atoms with Crippen molar-refractivity contribution < 1.29 is 4.79 Å². The monoisotopic (exact) mass is 185 g/mol. The smallest absolute Gasteiger partial charge is 0.320 e. The van der Waals surface area contributed by atoms with Crippen LogP contribution in [0.3, 0.4) is 0 Å². The third kappa shape index (κ3) is 2.34. The second-order valence-electron chi connectivity index (χ2n) is 3.45. The molecule has 0 radical (unpaired) electrons. The Morgan fingerprint density at radius 2 is 2.15 bits per heavy atom. The molecule has 0 aromatic carbocycles. The van der Waals surface area contributed by atoms with Crippen LogP contribution in [0.15, 0.2) is 0 Å². The highest BCUT2D eigenvalue weighted by atomic mass is 16.2. The molecule has 0 spiro atoms. The fraction of sp³-hybridized carbons (Fsp3) is 0.889. The summed E-state index contributed by atoms with van der Waals surface area (Å²) < 4.78 is 0. The van der Waals surface area contributed by atoms with Crippen molar-refractivity contribution in [3.8, 4) is 0 Å². The molecule has 1 atom stereocenters. The first kappa shape index (κ1) is 10.3. The van der Waals surface area contributed by atoms with Gasteiger partial charge in [-0.05, 0) is 20.3 Å². The molecular formula is C9H19N3O. The maximum absolute atomic E-state index is 11.7. The van der Waals surface area contributed by atoms with Crippen LogP contribution in [0.2, 0.25) is 0 Å². The van der Waals surface area contributed by atoms with Crippen LogP contribution in [0, 0.1) is 0 Å². The van der Waals surface area contributed by atoms with Crippen LogP contribution in [0.25, 0.3) is 0 Å². The van der Waals surface area contributed by atoms with Crippen molar-refractivity contribution in [1.29, 1.82) is 0 Å². The van der Waals surface area contributed by atoms with Crippen LogP contribution in [0.4, 0.5) is 4.79 Å². The van der Waals surface area contributed by atoms with Crippen LogP contribution in [-0.4, -0.2) is 48.1 Å². The summed E-state index contributed by atoms with van der Waals surface area (Å²) in [7, 11) is 0. The van der Waals surface area contributed by atoms with Gasteiger partial charge in [0.1, 0.15) is 0 Å². The van der Waals surface area contributed by atoms with Crippen LogP contribution in [-0.2, 0) is 0 Å². The highest BCUT2D eigenvalue weighted by Gasteiger charge is 2.25. The van der Waals surface area contributed by atoms with Crippen LogP contribution < -0.4 is 5.73 Å². The molecule has 76 valence electrons. The molecule has 0 aliphatic carbocycles. The lowest BCUT2D eigenvalue weighted by Crippen LogP contribution is -2.42. The lowest BCUT2D eigenvalue weighted by molar-refractivity contribution is 0.167. The molecule has 1 aliphatic rings. The number of nitrogens with two attached hydrogens (primary N) is 1. The second-order valence-corrected chi connectivity index (χ2v) is 3.45. The van der Waals surface area contributed by atoms with E-state index in [2.05, 4.69) is 0 Å². The molecule has 4 heteroatoms. The van der Waals surface area contributed by atoms with Gasteiger partial charge in [0.05, 0.1) is 0 Å². The molecule has 2 amide bonds. The number of likely N-dealkylation sites (tertiary alicyclic amines) is 1. The summed E-state index contributed by atoms with van der Waals surface area (Å²) in [6.45, 7) is 7.09. The molecule has 0 bridgehead atoms. The molecule has 0 saturated carbocycles. The number of hydrogen-bond donors (Lipinski definition) is 1. The molecular weight excluding hydrogens is 166 g/mol. The Morgan fingerprint density at radius 3 is 2.54 bits per heavy atom. The molecule has 0 aromatic rings.